The van der Waals surface area contributed by atoms with E-state index < -0.39 is 12.1 Å². The van der Waals surface area contributed by atoms with E-state index in [-0.39, 0.29) is 12.5 Å². The topological polar surface area (TPSA) is 55.8 Å². The zero-order valence-electron chi connectivity index (χ0n) is 15.1. The third-order valence-electron chi connectivity index (χ3n) is 4.56. The van der Waals surface area contributed by atoms with Crippen molar-refractivity contribution in [2.75, 3.05) is 18.6 Å². The maximum atomic E-state index is 12.4. The Morgan fingerprint density at radius 1 is 1.08 bits per heavy atom. The minimum atomic E-state index is -0.878. The highest BCUT2D eigenvalue weighted by Gasteiger charge is 2.22. The van der Waals surface area contributed by atoms with Crippen LogP contribution in [0.2, 0.25) is 0 Å². The molecule has 2 aromatic rings. The number of anilines is 1. The van der Waals surface area contributed by atoms with E-state index in [1.165, 1.54) is 16.0 Å². The summed E-state index contributed by atoms with van der Waals surface area (Å²) in [5.74, 6) is -0.196. The summed E-state index contributed by atoms with van der Waals surface area (Å²) in [6, 6.07) is 15.1. The fourth-order valence-electron chi connectivity index (χ4n) is 3.11. The van der Waals surface area contributed by atoms with Crippen molar-refractivity contribution in [1.29, 1.82) is 0 Å². The fraction of sp³-hybridized carbons (Fsp3) is 0.333. The minimum Gasteiger partial charge on any atom is -0.482 e. The molecule has 1 atom stereocenters. The number of carbonyl (C=O) groups is 2. The number of carbonyl (C=O) groups excluding carboxylic acids is 2. The zero-order valence-corrected chi connectivity index (χ0v) is 15.1. The third-order valence-corrected chi connectivity index (χ3v) is 4.56. The van der Waals surface area contributed by atoms with Gasteiger partial charge >= 0.3 is 5.97 Å². The van der Waals surface area contributed by atoms with Crippen molar-refractivity contribution in [2.24, 2.45) is 0 Å². The summed E-state index contributed by atoms with van der Waals surface area (Å²) in [5.41, 5.74) is 3.38. The van der Waals surface area contributed by atoms with Crippen LogP contribution in [0.3, 0.4) is 0 Å². The van der Waals surface area contributed by atoms with Crippen molar-refractivity contribution >= 4 is 17.6 Å². The standard InChI is InChI=1S/C21H23NO4/c1-15(21(24)22(2)18-9-4-3-5-10-18)26-20(23)14-25-19-12-11-16-7-6-8-17(16)13-19/h3-5,9-13,15H,6-8,14H2,1-2H3/t15-/m1/s1. The van der Waals surface area contributed by atoms with E-state index in [1.807, 2.05) is 48.5 Å². The largest absolute Gasteiger partial charge is 0.482 e. The van der Waals surface area contributed by atoms with Crippen molar-refractivity contribution in [3.8, 4) is 5.75 Å². The van der Waals surface area contributed by atoms with Gasteiger partial charge in [0.25, 0.3) is 5.91 Å². The number of benzene rings is 2. The van der Waals surface area contributed by atoms with Gasteiger partial charge in [-0.15, -0.1) is 0 Å². The normalized spacial score (nSPS) is 13.6. The second kappa shape index (κ2) is 8.04. The lowest BCUT2D eigenvalue weighted by Gasteiger charge is -2.21. The zero-order chi connectivity index (χ0) is 18.5. The second-order valence-corrected chi connectivity index (χ2v) is 6.44. The number of nitrogens with zero attached hydrogens (tertiary/aromatic N) is 1. The van der Waals surface area contributed by atoms with Gasteiger partial charge in [-0.2, -0.15) is 0 Å². The Labute approximate surface area is 153 Å². The van der Waals surface area contributed by atoms with E-state index in [0.29, 0.717) is 5.75 Å². The van der Waals surface area contributed by atoms with E-state index in [2.05, 4.69) is 0 Å². The van der Waals surface area contributed by atoms with Gasteiger partial charge in [-0.25, -0.2) is 4.79 Å². The molecule has 0 spiro atoms. The number of esters is 1. The van der Waals surface area contributed by atoms with Crippen LogP contribution in [0.4, 0.5) is 5.69 Å². The van der Waals surface area contributed by atoms with Crippen LogP contribution in [0, 0.1) is 0 Å². The molecule has 2 aromatic carbocycles. The molecule has 0 saturated heterocycles. The van der Waals surface area contributed by atoms with E-state index >= 15 is 0 Å². The number of hydrogen-bond acceptors (Lipinski definition) is 4. The number of hydrogen-bond donors (Lipinski definition) is 0. The van der Waals surface area contributed by atoms with Crippen molar-refractivity contribution < 1.29 is 19.1 Å². The Balaban J connectivity index is 1.50. The average molecular weight is 353 g/mol. The molecule has 0 unspecified atom stereocenters. The minimum absolute atomic E-state index is 0.217. The van der Waals surface area contributed by atoms with E-state index in [1.54, 1.807) is 14.0 Å². The molecule has 0 bridgehead atoms. The van der Waals surface area contributed by atoms with Gasteiger partial charge in [-0.05, 0) is 61.6 Å². The molecule has 0 aromatic heterocycles. The molecular formula is C21H23NO4. The van der Waals surface area contributed by atoms with Gasteiger partial charge < -0.3 is 14.4 Å². The molecule has 0 saturated carbocycles. The molecule has 0 radical (unpaired) electrons. The highest BCUT2D eigenvalue weighted by molar-refractivity contribution is 5.96. The first-order valence-corrected chi connectivity index (χ1v) is 8.81. The number of ether oxygens (including phenoxy) is 2. The number of rotatable bonds is 6. The average Bonchev–Trinajstić information content (AvgIpc) is 3.13. The predicted molar refractivity (Wildman–Crippen MR) is 99.4 cm³/mol. The first-order chi connectivity index (χ1) is 12.5. The van der Waals surface area contributed by atoms with E-state index in [9.17, 15) is 9.59 Å². The van der Waals surface area contributed by atoms with Crippen LogP contribution in [0.1, 0.15) is 24.5 Å². The lowest BCUT2D eigenvalue weighted by molar-refractivity contribution is -0.155. The SMILES string of the molecule is C[C@@H](OC(=O)COc1ccc2c(c1)CCC2)C(=O)N(C)c1ccccc1. The van der Waals surface area contributed by atoms with Crippen molar-refractivity contribution in [1.82, 2.24) is 0 Å². The van der Waals surface area contributed by atoms with Gasteiger partial charge in [0.1, 0.15) is 5.75 Å². The van der Waals surface area contributed by atoms with Crippen LogP contribution in [-0.4, -0.2) is 31.6 Å². The predicted octanol–water partition coefficient (Wildman–Crippen LogP) is 3.15. The van der Waals surface area contributed by atoms with Crippen LogP contribution in [0.5, 0.6) is 5.75 Å². The summed E-state index contributed by atoms with van der Waals surface area (Å²) in [7, 11) is 1.66. The number of likely N-dealkylation sites (N-methyl/N-ethyl adjacent to an activating group) is 1. The number of amides is 1. The van der Waals surface area contributed by atoms with Gasteiger partial charge in [0.15, 0.2) is 12.7 Å². The van der Waals surface area contributed by atoms with Crippen molar-refractivity contribution in [2.45, 2.75) is 32.3 Å². The van der Waals surface area contributed by atoms with Gasteiger partial charge in [0, 0.05) is 12.7 Å². The molecule has 5 nitrogen and oxygen atoms in total. The summed E-state index contributed by atoms with van der Waals surface area (Å²) >= 11 is 0. The summed E-state index contributed by atoms with van der Waals surface area (Å²) in [6.07, 6.45) is 2.44. The molecule has 5 heteroatoms. The smallest absolute Gasteiger partial charge is 0.344 e. The van der Waals surface area contributed by atoms with Crippen LogP contribution in [-0.2, 0) is 27.2 Å². The first-order valence-electron chi connectivity index (χ1n) is 8.81. The van der Waals surface area contributed by atoms with E-state index in [0.717, 1.165) is 24.9 Å². The quantitative estimate of drug-likeness (QED) is 0.749. The summed E-state index contributed by atoms with van der Waals surface area (Å²) in [6.45, 7) is 1.35. The molecule has 26 heavy (non-hydrogen) atoms. The molecular weight excluding hydrogens is 330 g/mol. The van der Waals surface area contributed by atoms with Crippen LogP contribution in [0.25, 0.3) is 0 Å². The highest BCUT2D eigenvalue weighted by Crippen LogP contribution is 2.26. The lowest BCUT2D eigenvalue weighted by Crippen LogP contribution is -2.38. The van der Waals surface area contributed by atoms with Gasteiger partial charge in [0.05, 0.1) is 0 Å². The summed E-state index contributed by atoms with van der Waals surface area (Å²) in [5, 5.41) is 0. The van der Waals surface area contributed by atoms with Crippen LogP contribution >= 0.6 is 0 Å². The van der Waals surface area contributed by atoms with Gasteiger partial charge in [0.2, 0.25) is 0 Å². The molecule has 0 fully saturated rings. The third kappa shape index (κ3) is 4.23. The van der Waals surface area contributed by atoms with E-state index in [4.69, 9.17) is 9.47 Å². The molecule has 0 aliphatic heterocycles. The Kier molecular flexibility index (Phi) is 5.56. The number of fused-ring (bicyclic) bond motifs is 1. The monoisotopic (exact) mass is 353 g/mol. The summed E-state index contributed by atoms with van der Waals surface area (Å²) < 4.78 is 10.7. The second-order valence-electron chi connectivity index (χ2n) is 6.44. The molecule has 1 amide bonds. The summed E-state index contributed by atoms with van der Waals surface area (Å²) in [4.78, 5) is 25.9. The lowest BCUT2D eigenvalue weighted by atomic mass is 10.1. The van der Waals surface area contributed by atoms with Gasteiger partial charge in [-0.1, -0.05) is 24.3 Å². The molecule has 1 aliphatic rings. The highest BCUT2D eigenvalue weighted by atomic mass is 16.6. The van der Waals surface area contributed by atoms with Gasteiger partial charge in [-0.3, -0.25) is 4.79 Å². The first kappa shape index (κ1) is 18.0. The molecule has 0 N–H and O–H groups in total. The molecule has 1 aliphatic carbocycles. The Morgan fingerprint density at radius 3 is 2.58 bits per heavy atom. The Morgan fingerprint density at radius 2 is 1.81 bits per heavy atom. The molecule has 3 rings (SSSR count). The van der Waals surface area contributed by atoms with Crippen LogP contribution < -0.4 is 9.64 Å². The number of aryl methyl sites for hydroxylation is 2. The Bertz CT molecular complexity index is 788. The Hall–Kier alpha value is -2.82. The fourth-order valence-corrected chi connectivity index (χ4v) is 3.11. The molecule has 136 valence electrons. The van der Waals surface area contributed by atoms with Crippen molar-refractivity contribution in [3.05, 3.63) is 59.7 Å². The number of para-hydroxylation sites is 1. The van der Waals surface area contributed by atoms with Crippen LogP contribution in [0.15, 0.2) is 48.5 Å². The maximum Gasteiger partial charge on any atom is 0.344 e. The maximum absolute atomic E-state index is 12.4. The molecule has 0 heterocycles. The van der Waals surface area contributed by atoms with Crippen molar-refractivity contribution in [3.63, 3.8) is 0 Å².